The van der Waals surface area contributed by atoms with Crippen molar-refractivity contribution in [1.29, 1.82) is 0 Å². The number of benzene rings is 1. The van der Waals surface area contributed by atoms with E-state index in [2.05, 4.69) is 10.6 Å². The third-order valence-electron chi connectivity index (χ3n) is 4.87. The Bertz CT molecular complexity index is 879. The Balaban J connectivity index is 1.83. The number of anilines is 1. The van der Waals surface area contributed by atoms with Crippen LogP contribution >= 0.6 is 11.3 Å². The van der Waals surface area contributed by atoms with Gasteiger partial charge in [-0.05, 0) is 62.3 Å². The van der Waals surface area contributed by atoms with Crippen LogP contribution < -0.4 is 10.6 Å². The Kier molecular flexibility index (Phi) is 6.80. The number of halogens is 1. The number of ether oxygens (including phenoxy) is 1. The summed E-state index contributed by atoms with van der Waals surface area (Å²) in [4.78, 5) is 26.6. The van der Waals surface area contributed by atoms with Crippen molar-refractivity contribution in [3.8, 4) is 0 Å². The zero-order chi connectivity index (χ0) is 20.1. The molecule has 1 aromatic heterocycles. The van der Waals surface area contributed by atoms with Crippen molar-refractivity contribution in [1.82, 2.24) is 5.32 Å². The number of carbonyl (C=O) groups is 2. The second-order valence-corrected chi connectivity index (χ2v) is 8.04. The average Bonchev–Trinajstić information content (AvgIpc) is 3.05. The lowest BCUT2D eigenvalue weighted by molar-refractivity contribution is 0.0948. The van der Waals surface area contributed by atoms with Crippen LogP contribution in [-0.4, -0.2) is 32.1 Å². The fraction of sp³-hybridized carbons (Fsp3) is 0.429. The van der Waals surface area contributed by atoms with E-state index in [-0.39, 0.29) is 11.5 Å². The van der Waals surface area contributed by atoms with Crippen LogP contribution in [-0.2, 0) is 17.6 Å². The van der Waals surface area contributed by atoms with Gasteiger partial charge in [-0.25, -0.2) is 4.39 Å². The molecule has 0 fully saturated rings. The summed E-state index contributed by atoms with van der Waals surface area (Å²) < 4.78 is 18.8. The minimum Gasteiger partial charge on any atom is -0.385 e. The highest BCUT2D eigenvalue weighted by Crippen LogP contribution is 2.38. The molecule has 1 aliphatic rings. The van der Waals surface area contributed by atoms with Crippen molar-refractivity contribution < 1.29 is 18.7 Å². The van der Waals surface area contributed by atoms with Gasteiger partial charge in [0, 0.05) is 30.7 Å². The molecule has 0 unspecified atom stereocenters. The lowest BCUT2D eigenvalue weighted by Crippen LogP contribution is -2.27. The first kappa shape index (κ1) is 20.5. The predicted molar refractivity (Wildman–Crippen MR) is 109 cm³/mol. The highest BCUT2D eigenvalue weighted by Gasteiger charge is 2.26. The molecule has 7 heteroatoms. The van der Waals surface area contributed by atoms with Gasteiger partial charge in [-0.3, -0.25) is 9.59 Å². The van der Waals surface area contributed by atoms with Crippen LogP contribution in [0.4, 0.5) is 9.39 Å². The van der Waals surface area contributed by atoms with E-state index in [1.807, 2.05) is 0 Å². The second kappa shape index (κ2) is 9.30. The monoisotopic (exact) mass is 404 g/mol. The Morgan fingerprint density at radius 2 is 2.00 bits per heavy atom. The number of aryl methyl sites for hydroxylation is 2. The number of amides is 2. The highest BCUT2D eigenvalue weighted by atomic mass is 32.1. The van der Waals surface area contributed by atoms with Crippen LogP contribution in [0.25, 0.3) is 0 Å². The standard InChI is InChI=1S/C21H25FN2O3S/c1-13-8-9-14(12-16(13)22)19(25)24-21-18(20(26)23-10-5-11-27-2)15-6-3-4-7-17(15)28-21/h8-9,12H,3-7,10-11H2,1-2H3,(H,23,26)(H,24,25). The van der Waals surface area contributed by atoms with Gasteiger partial charge in [-0.1, -0.05) is 6.07 Å². The molecule has 28 heavy (non-hydrogen) atoms. The van der Waals surface area contributed by atoms with E-state index in [0.717, 1.165) is 42.5 Å². The lowest BCUT2D eigenvalue weighted by atomic mass is 9.95. The number of thiophene rings is 1. The molecule has 0 saturated heterocycles. The summed E-state index contributed by atoms with van der Waals surface area (Å²) in [6.07, 6.45) is 4.59. The van der Waals surface area contributed by atoms with Gasteiger partial charge in [0.2, 0.25) is 0 Å². The molecule has 0 atom stereocenters. The highest BCUT2D eigenvalue weighted by molar-refractivity contribution is 7.17. The van der Waals surface area contributed by atoms with Crippen LogP contribution in [0, 0.1) is 12.7 Å². The molecular formula is C21H25FN2O3S. The van der Waals surface area contributed by atoms with Gasteiger partial charge < -0.3 is 15.4 Å². The van der Waals surface area contributed by atoms with Gasteiger partial charge in [0.1, 0.15) is 10.8 Å². The number of hydrogen-bond acceptors (Lipinski definition) is 4. The van der Waals surface area contributed by atoms with Gasteiger partial charge in [0.05, 0.1) is 5.56 Å². The largest absolute Gasteiger partial charge is 0.385 e. The number of carbonyl (C=O) groups excluding carboxylic acids is 2. The first-order valence-corrected chi connectivity index (χ1v) is 10.3. The molecule has 0 radical (unpaired) electrons. The third kappa shape index (κ3) is 4.59. The van der Waals surface area contributed by atoms with E-state index < -0.39 is 11.7 Å². The Labute approximate surface area is 168 Å². The molecule has 150 valence electrons. The van der Waals surface area contributed by atoms with Gasteiger partial charge in [-0.2, -0.15) is 0 Å². The van der Waals surface area contributed by atoms with Crippen LogP contribution in [0.2, 0.25) is 0 Å². The summed E-state index contributed by atoms with van der Waals surface area (Å²) in [6.45, 7) is 2.73. The smallest absolute Gasteiger partial charge is 0.256 e. The minimum atomic E-state index is -0.422. The number of rotatable bonds is 7. The molecule has 1 aliphatic carbocycles. The molecule has 0 saturated carbocycles. The molecule has 0 spiro atoms. The van der Waals surface area contributed by atoms with E-state index in [9.17, 15) is 14.0 Å². The molecule has 0 bridgehead atoms. The van der Waals surface area contributed by atoms with Gasteiger partial charge >= 0.3 is 0 Å². The molecule has 2 N–H and O–H groups in total. The normalized spacial score (nSPS) is 13.1. The van der Waals surface area contributed by atoms with E-state index in [0.29, 0.717) is 29.3 Å². The first-order chi connectivity index (χ1) is 13.5. The van der Waals surface area contributed by atoms with E-state index in [4.69, 9.17) is 4.74 Å². The van der Waals surface area contributed by atoms with Crippen LogP contribution in [0.1, 0.15) is 56.0 Å². The van der Waals surface area contributed by atoms with E-state index in [1.165, 1.54) is 17.4 Å². The first-order valence-electron chi connectivity index (χ1n) is 9.50. The summed E-state index contributed by atoms with van der Waals surface area (Å²) in [5.74, 6) is -1.01. The number of hydrogen-bond donors (Lipinski definition) is 2. The maximum atomic E-state index is 13.8. The van der Waals surface area contributed by atoms with E-state index in [1.54, 1.807) is 26.2 Å². The quantitative estimate of drug-likeness (QED) is 0.683. The fourth-order valence-electron chi connectivity index (χ4n) is 3.31. The van der Waals surface area contributed by atoms with Crippen LogP contribution in [0.15, 0.2) is 18.2 Å². The predicted octanol–water partition coefficient (Wildman–Crippen LogP) is 4.09. The summed E-state index contributed by atoms with van der Waals surface area (Å²) in [6, 6.07) is 4.39. The Morgan fingerprint density at radius 3 is 2.75 bits per heavy atom. The summed E-state index contributed by atoms with van der Waals surface area (Å²) in [5, 5.41) is 6.30. The van der Waals surface area contributed by atoms with Gasteiger partial charge in [0.15, 0.2) is 0 Å². The van der Waals surface area contributed by atoms with Crippen molar-refractivity contribution in [2.75, 3.05) is 25.6 Å². The van der Waals surface area contributed by atoms with Crippen molar-refractivity contribution in [3.63, 3.8) is 0 Å². The number of fused-ring (bicyclic) bond motifs is 1. The van der Waals surface area contributed by atoms with E-state index >= 15 is 0 Å². The van der Waals surface area contributed by atoms with Crippen molar-refractivity contribution in [2.45, 2.75) is 39.0 Å². The topological polar surface area (TPSA) is 67.4 Å². The summed E-state index contributed by atoms with van der Waals surface area (Å²) in [7, 11) is 1.62. The third-order valence-corrected chi connectivity index (χ3v) is 6.08. The van der Waals surface area contributed by atoms with Crippen molar-refractivity contribution >= 4 is 28.2 Å². The maximum Gasteiger partial charge on any atom is 0.256 e. The number of nitrogens with one attached hydrogen (secondary N) is 2. The maximum absolute atomic E-state index is 13.8. The van der Waals surface area contributed by atoms with Crippen LogP contribution in [0.3, 0.4) is 0 Å². The molecule has 3 rings (SSSR count). The zero-order valence-electron chi connectivity index (χ0n) is 16.2. The summed E-state index contributed by atoms with van der Waals surface area (Å²) >= 11 is 1.45. The SMILES string of the molecule is COCCCNC(=O)c1c(NC(=O)c2ccc(C)c(F)c2)sc2c1CCCC2. The Morgan fingerprint density at radius 1 is 1.21 bits per heavy atom. The summed E-state index contributed by atoms with van der Waals surface area (Å²) in [5.41, 5.74) is 2.31. The average molecular weight is 405 g/mol. The second-order valence-electron chi connectivity index (χ2n) is 6.94. The van der Waals surface area contributed by atoms with Gasteiger partial charge in [0.25, 0.3) is 11.8 Å². The van der Waals surface area contributed by atoms with Crippen molar-refractivity contribution in [3.05, 3.63) is 51.1 Å². The minimum absolute atomic E-state index is 0.180. The van der Waals surface area contributed by atoms with Crippen LogP contribution in [0.5, 0.6) is 0 Å². The molecular weight excluding hydrogens is 379 g/mol. The molecule has 1 heterocycles. The fourth-order valence-corrected chi connectivity index (χ4v) is 4.59. The van der Waals surface area contributed by atoms with Crippen molar-refractivity contribution in [2.24, 2.45) is 0 Å². The zero-order valence-corrected chi connectivity index (χ0v) is 17.0. The molecule has 5 nitrogen and oxygen atoms in total. The molecule has 2 aromatic rings. The number of methoxy groups -OCH3 is 1. The lowest BCUT2D eigenvalue weighted by Gasteiger charge is -2.13. The molecule has 2 amide bonds. The molecule has 0 aliphatic heterocycles. The molecule has 1 aromatic carbocycles. The Hall–Kier alpha value is -2.25. The van der Waals surface area contributed by atoms with Gasteiger partial charge in [-0.15, -0.1) is 11.3 Å².